The second-order valence-corrected chi connectivity index (χ2v) is 5.59. The van der Waals surface area contributed by atoms with Gasteiger partial charge in [0.05, 0.1) is 32.1 Å². The van der Waals surface area contributed by atoms with E-state index in [1.54, 1.807) is 32.4 Å². The minimum absolute atomic E-state index is 0.162. The smallest absolute Gasteiger partial charge is 0.255 e. The van der Waals surface area contributed by atoms with E-state index in [0.717, 1.165) is 5.56 Å². The number of nitrogens with one attached hydrogen (secondary N) is 1. The minimum Gasteiger partial charge on any atom is -0.497 e. The van der Waals surface area contributed by atoms with Gasteiger partial charge in [0, 0.05) is 11.6 Å². The molecule has 0 fully saturated rings. The third-order valence-electron chi connectivity index (χ3n) is 3.96. The minimum atomic E-state index is -0.260. The Balaban J connectivity index is 1.84. The van der Waals surface area contributed by atoms with Gasteiger partial charge in [0.15, 0.2) is 11.5 Å². The largest absolute Gasteiger partial charge is 0.497 e. The van der Waals surface area contributed by atoms with Gasteiger partial charge in [0.2, 0.25) is 0 Å². The lowest BCUT2D eigenvalue weighted by atomic mass is 10.1. The van der Waals surface area contributed by atoms with Crippen LogP contribution in [0.4, 0.5) is 5.69 Å². The highest BCUT2D eigenvalue weighted by Crippen LogP contribution is 2.36. The van der Waals surface area contributed by atoms with Crippen molar-refractivity contribution < 1.29 is 23.7 Å². The van der Waals surface area contributed by atoms with Gasteiger partial charge in [0.25, 0.3) is 5.91 Å². The summed E-state index contributed by atoms with van der Waals surface area (Å²) >= 11 is 0. The summed E-state index contributed by atoms with van der Waals surface area (Å²) < 4.78 is 21.8. The summed E-state index contributed by atoms with van der Waals surface area (Å²) in [6.07, 6.45) is 1.81. The molecule has 0 bridgehead atoms. The molecule has 6 heteroatoms. The first-order valence-electron chi connectivity index (χ1n) is 8.28. The zero-order valence-corrected chi connectivity index (χ0v) is 15.0. The lowest BCUT2D eigenvalue weighted by Crippen LogP contribution is -2.21. The molecular formula is C20H21NO5. The van der Waals surface area contributed by atoms with Crippen molar-refractivity contribution in [1.29, 1.82) is 0 Å². The van der Waals surface area contributed by atoms with Crippen LogP contribution in [0.3, 0.4) is 0 Å². The van der Waals surface area contributed by atoms with Crippen molar-refractivity contribution in [1.82, 2.24) is 0 Å². The zero-order valence-electron chi connectivity index (χ0n) is 15.0. The molecule has 1 N–H and O–H groups in total. The van der Waals surface area contributed by atoms with E-state index in [2.05, 4.69) is 5.32 Å². The van der Waals surface area contributed by atoms with Crippen molar-refractivity contribution in [2.75, 3.05) is 32.8 Å². The number of benzene rings is 2. The Bertz CT molecular complexity index is 844. The normalized spacial score (nSPS) is 12.3. The summed E-state index contributed by atoms with van der Waals surface area (Å²) in [6.45, 7) is 2.63. The summed E-state index contributed by atoms with van der Waals surface area (Å²) in [5.74, 6) is 2.25. The predicted octanol–water partition coefficient (Wildman–Crippen LogP) is 3.52. The average molecular weight is 355 g/mol. The molecule has 2 aromatic carbocycles. The van der Waals surface area contributed by atoms with Crippen LogP contribution >= 0.6 is 0 Å². The zero-order chi connectivity index (χ0) is 18.5. The molecule has 0 unspecified atom stereocenters. The molecule has 0 saturated carbocycles. The molecule has 0 radical (unpaired) electrons. The van der Waals surface area contributed by atoms with E-state index in [0.29, 0.717) is 40.9 Å². The number of hydrogen-bond acceptors (Lipinski definition) is 5. The van der Waals surface area contributed by atoms with E-state index in [-0.39, 0.29) is 12.5 Å². The number of rotatable bonds is 6. The van der Waals surface area contributed by atoms with Crippen LogP contribution in [0.25, 0.3) is 6.08 Å². The van der Waals surface area contributed by atoms with Crippen molar-refractivity contribution in [2.45, 2.75) is 6.92 Å². The van der Waals surface area contributed by atoms with Crippen LogP contribution in [0.5, 0.6) is 23.0 Å². The lowest BCUT2D eigenvalue weighted by molar-refractivity contribution is -0.113. The Labute approximate surface area is 152 Å². The molecule has 1 heterocycles. The first kappa shape index (κ1) is 17.7. The molecule has 3 rings (SSSR count). The van der Waals surface area contributed by atoms with E-state index >= 15 is 0 Å². The van der Waals surface area contributed by atoms with E-state index in [9.17, 15) is 4.79 Å². The summed E-state index contributed by atoms with van der Waals surface area (Å²) in [5, 5.41) is 2.85. The second kappa shape index (κ2) is 7.82. The SMILES string of the molecule is CCOc1cccc2c1OCC(C(=O)Nc1cc(OC)ccc1OC)=C2. The first-order valence-corrected chi connectivity index (χ1v) is 8.28. The number of methoxy groups -OCH3 is 2. The van der Waals surface area contributed by atoms with Gasteiger partial charge in [-0.1, -0.05) is 12.1 Å². The highest BCUT2D eigenvalue weighted by molar-refractivity contribution is 6.08. The molecule has 26 heavy (non-hydrogen) atoms. The molecule has 136 valence electrons. The molecule has 0 saturated heterocycles. The highest BCUT2D eigenvalue weighted by atomic mass is 16.5. The fourth-order valence-electron chi connectivity index (χ4n) is 2.69. The van der Waals surface area contributed by atoms with Gasteiger partial charge in [0.1, 0.15) is 18.1 Å². The predicted molar refractivity (Wildman–Crippen MR) is 99.3 cm³/mol. The summed E-state index contributed by atoms with van der Waals surface area (Å²) in [7, 11) is 3.11. The molecule has 1 aliphatic heterocycles. The van der Waals surface area contributed by atoms with Crippen LogP contribution in [0.15, 0.2) is 42.0 Å². The third kappa shape index (κ3) is 3.59. The third-order valence-corrected chi connectivity index (χ3v) is 3.96. The van der Waals surface area contributed by atoms with Crippen LogP contribution in [0.2, 0.25) is 0 Å². The second-order valence-electron chi connectivity index (χ2n) is 5.59. The van der Waals surface area contributed by atoms with Crippen molar-refractivity contribution in [2.24, 2.45) is 0 Å². The highest BCUT2D eigenvalue weighted by Gasteiger charge is 2.21. The van der Waals surface area contributed by atoms with Crippen molar-refractivity contribution >= 4 is 17.7 Å². The van der Waals surface area contributed by atoms with Crippen LogP contribution in [-0.4, -0.2) is 33.3 Å². The summed E-state index contributed by atoms with van der Waals surface area (Å²) in [6, 6.07) is 10.8. The molecular weight excluding hydrogens is 334 g/mol. The van der Waals surface area contributed by atoms with Crippen molar-refractivity contribution in [3.8, 4) is 23.0 Å². The van der Waals surface area contributed by atoms with Crippen molar-refractivity contribution in [3.05, 3.63) is 47.5 Å². The summed E-state index contributed by atoms with van der Waals surface area (Å²) in [4.78, 5) is 12.7. The van der Waals surface area contributed by atoms with E-state index in [1.807, 2.05) is 31.2 Å². The fraction of sp³-hybridized carbons (Fsp3) is 0.250. The Kier molecular flexibility index (Phi) is 5.31. The Morgan fingerprint density at radius 2 is 2.00 bits per heavy atom. The first-order chi connectivity index (χ1) is 12.7. The van der Waals surface area contributed by atoms with Gasteiger partial charge in [-0.3, -0.25) is 4.79 Å². The summed E-state index contributed by atoms with van der Waals surface area (Å²) in [5.41, 5.74) is 1.85. The van der Waals surface area contributed by atoms with Gasteiger partial charge in [-0.15, -0.1) is 0 Å². The maximum atomic E-state index is 12.7. The van der Waals surface area contributed by atoms with Gasteiger partial charge < -0.3 is 24.3 Å². The standard InChI is InChI=1S/C20H21NO5/c1-4-25-18-7-5-6-13-10-14(12-26-19(13)18)20(22)21-16-11-15(23-2)8-9-17(16)24-3/h5-11H,4,12H2,1-3H3,(H,21,22). The van der Waals surface area contributed by atoms with Crippen LogP contribution < -0.4 is 24.3 Å². The topological polar surface area (TPSA) is 66.0 Å². The molecule has 0 aromatic heterocycles. The van der Waals surface area contributed by atoms with E-state index in [4.69, 9.17) is 18.9 Å². The average Bonchev–Trinajstić information content (AvgIpc) is 2.68. The van der Waals surface area contributed by atoms with E-state index < -0.39 is 0 Å². The quantitative estimate of drug-likeness (QED) is 0.859. The molecule has 6 nitrogen and oxygen atoms in total. The number of para-hydroxylation sites is 1. The molecule has 0 aliphatic carbocycles. The van der Waals surface area contributed by atoms with E-state index in [1.165, 1.54) is 0 Å². The Hall–Kier alpha value is -3.15. The van der Waals surface area contributed by atoms with Crippen LogP contribution in [0, 0.1) is 0 Å². The number of anilines is 1. The molecule has 0 atom stereocenters. The maximum Gasteiger partial charge on any atom is 0.255 e. The number of hydrogen-bond donors (Lipinski definition) is 1. The molecule has 2 aromatic rings. The van der Waals surface area contributed by atoms with Gasteiger partial charge in [-0.05, 0) is 31.2 Å². The van der Waals surface area contributed by atoms with Crippen molar-refractivity contribution in [3.63, 3.8) is 0 Å². The number of carbonyl (C=O) groups is 1. The Morgan fingerprint density at radius 1 is 1.15 bits per heavy atom. The van der Waals surface area contributed by atoms with Crippen LogP contribution in [-0.2, 0) is 4.79 Å². The van der Waals surface area contributed by atoms with Gasteiger partial charge in [-0.25, -0.2) is 0 Å². The van der Waals surface area contributed by atoms with Crippen LogP contribution in [0.1, 0.15) is 12.5 Å². The molecule has 1 amide bonds. The number of fused-ring (bicyclic) bond motifs is 1. The Morgan fingerprint density at radius 3 is 2.73 bits per heavy atom. The lowest BCUT2D eigenvalue weighted by Gasteiger charge is -2.20. The number of ether oxygens (including phenoxy) is 4. The maximum absolute atomic E-state index is 12.7. The van der Waals surface area contributed by atoms with Gasteiger partial charge >= 0.3 is 0 Å². The number of carbonyl (C=O) groups excluding carboxylic acids is 1. The molecule has 1 aliphatic rings. The van der Waals surface area contributed by atoms with Gasteiger partial charge in [-0.2, -0.15) is 0 Å². The fourth-order valence-corrected chi connectivity index (χ4v) is 2.69. The molecule has 0 spiro atoms. The monoisotopic (exact) mass is 355 g/mol. The number of amides is 1.